The van der Waals surface area contributed by atoms with Crippen molar-refractivity contribution in [1.82, 2.24) is 4.98 Å². The average Bonchev–Trinajstić information content (AvgIpc) is 2.86. The van der Waals surface area contributed by atoms with Crippen LogP contribution in [0.15, 0.2) is 26.9 Å². The lowest BCUT2D eigenvalue weighted by atomic mass is 9.93. The molecule has 0 aliphatic carbocycles. The zero-order chi connectivity index (χ0) is 14.8. The molecule has 0 saturated carbocycles. The van der Waals surface area contributed by atoms with Gasteiger partial charge in [-0.05, 0) is 0 Å². The Morgan fingerprint density at radius 1 is 1.45 bits per heavy atom. The van der Waals surface area contributed by atoms with E-state index < -0.39 is 0 Å². The Hall–Kier alpha value is -1.66. The Morgan fingerprint density at radius 3 is 2.75 bits per heavy atom. The van der Waals surface area contributed by atoms with E-state index in [0.29, 0.717) is 0 Å². The van der Waals surface area contributed by atoms with Crippen molar-refractivity contribution >= 4 is 11.3 Å². The number of hydrogen-bond acceptors (Lipinski definition) is 6. The summed E-state index contributed by atoms with van der Waals surface area (Å²) in [5, 5.41) is 11.7. The van der Waals surface area contributed by atoms with E-state index in [0.717, 1.165) is 10.7 Å². The number of aromatic nitrogens is 1. The maximum absolute atomic E-state index is 11.7. The molecule has 2 aromatic rings. The van der Waals surface area contributed by atoms with Crippen molar-refractivity contribution in [2.75, 3.05) is 0 Å². The summed E-state index contributed by atoms with van der Waals surface area (Å²) >= 11 is 1.50. The molecular formula is C14H17NO4S. The van der Waals surface area contributed by atoms with Crippen LogP contribution in [0.5, 0.6) is 5.75 Å². The highest BCUT2D eigenvalue weighted by Gasteiger charge is 2.17. The second-order valence-electron chi connectivity index (χ2n) is 5.40. The maximum atomic E-state index is 11.7. The highest BCUT2D eigenvalue weighted by molar-refractivity contribution is 7.09. The second kappa shape index (κ2) is 5.76. The summed E-state index contributed by atoms with van der Waals surface area (Å²) in [6.45, 7) is 6.19. The van der Waals surface area contributed by atoms with Crippen LogP contribution in [-0.2, 0) is 18.6 Å². The van der Waals surface area contributed by atoms with Crippen molar-refractivity contribution in [2.24, 2.45) is 0 Å². The van der Waals surface area contributed by atoms with Gasteiger partial charge in [0.05, 0.1) is 5.69 Å². The number of nitrogens with zero attached hydrogens (tertiary/aromatic N) is 1. The Bertz CT molecular complexity index is 639. The fraction of sp³-hybridized carbons (Fsp3) is 0.429. The van der Waals surface area contributed by atoms with Crippen LogP contribution in [0.4, 0.5) is 0 Å². The van der Waals surface area contributed by atoms with E-state index in [1.54, 1.807) is 0 Å². The average molecular weight is 295 g/mol. The number of ether oxygens (including phenoxy) is 1. The predicted octanol–water partition coefficient (Wildman–Crippen LogP) is 2.47. The van der Waals surface area contributed by atoms with Gasteiger partial charge in [-0.2, -0.15) is 0 Å². The first-order valence-corrected chi connectivity index (χ1v) is 7.08. The normalized spacial score (nSPS) is 11.6. The maximum Gasteiger partial charge on any atom is 0.227 e. The number of hydrogen-bond donors (Lipinski definition) is 1. The van der Waals surface area contributed by atoms with Gasteiger partial charge in [-0.1, -0.05) is 20.8 Å². The van der Waals surface area contributed by atoms with Crippen molar-refractivity contribution in [2.45, 2.75) is 39.4 Å². The molecule has 1 N–H and O–H groups in total. The lowest BCUT2D eigenvalue weighted by molar-refractivity contribution is 0.236. The molecule has 0 radical (unpaired) electrons. The minimum absolute atomic E-state index is 0.00342. The van der Waals surface area contributed by atoms with Crippen LogP contribution in [0, 0.1) is 0 Å². The largest absolute Gasteiger partial charge is 0.479 e. The van der Waals surface area contributed by atoms with Crippen LogP contribution in [0.25, 0.3) is 0 Å². The van der Waals surface area contributed by atoms with Gasteiger partial charge in [0, 0.05) is 16.9 Å². The summed E-state index contributed by atoms with van der Waals surface area (Å²) < 4.78 is 10.5. The van der Waals surface area contributed by atoms with E-state index in [1.165, 1.54) is 23.7 Å². The molecule has 0 bridgehead atoms. The molecule has 0 aliphatic rings. The van der Waals surface area contributed by atoms with Gasteiger partial charge >= 0.3 is 0 Å². The van der Waals surface area contributed by atoms with Crippen molar-refractivity contribution < 1.29 is 14.3 Å². The topological polar surface area (TPSA) is 72.6 Å². The summed E-state index contributed by atoms with van der Waals surface area (Å²) in [6.07, 6.45) is 1.21. The van der Waals surface area contributed by atoms with Crippen molar-refractivity contribution in [3.8, 4) is 5.75 Å². The third-order valence-electron chi connectivity index (χ3n) is 2.68. The second-order valence-corrected chi connectivity index (χ2v) is 6.34. The number of aliphatic hydroxyl groups is 1. The molecule has 0 aliphatic heterocycles. The Labute approximate surface area is 120 Å². The van der Waals surface area contributed by atoms with Crippen LogP contribution in [-0.4, -0.2) is 10.1 Å². The van der Waals surface area contributed by atoms with Gasteiger partial charge in [0.25, 0.3) is 0 Å². The summed E-state index contributed by atoms with van der Waals surface area (Å²) in [5.41, 5.74) is 0.688. The molecule has 0 saturated heterocycles. The lowest BCUT2D eigenvalue weighted by Crippen LogP contribution is -2.12. The fourth-order valence-electron chi connectivity index (χ4n) is 1.49. The third-order valence-corrected chi connectivity index (χ3v) is 3.50. The molecule has 0 amide bonds. The molecule has 2 heterocycles. The molecule has 2 aromatic heterocycles. The molecule has 20 heavy (non-hydrogen) atoms. The van der Waals surface area contributed by atoms with Crippen molar-refractivity contribution in [1.29, 1.82) is 0 Å². The van der Waals surface area contributed by atoms with Gasteiger partial charge in [-0.3, -0.25) is 4.79 Å². The lowest BCUT2D eigenvalue weighted by Gasteiger charge is -2.14. The van der Waals surface area contributed by atoms with E-state index in [-0.39, 0.29) is 35.6 Å². The van der Waals surface area contributed by atoms with Crippen LogP contribution < -0.4 is 10.2 Å². The molecule has 6 heteroatoms. The molecule has 0 unspecified atom stereocenters. The number of rotatable bonds is 4. The summed E-state index contributed by atoms with van der Waals surface area (Å²) in [7, 11) is 0. The highest BCUT2D eigenvalue weighted by atomic mass is 32.1. The standard InChI is InChI=1S/C14H17NO4S/c1-14(2,3)12-8-20-13(15-12)7-19-11-6-18-9(5-16)4-10(11)17/h4,6,8,16H,5,7H2,1-3H3. The zero-order valence-corrected chi connectivity index (χ0v) is 12.5. The molecule has 0 fully saturated rings. The minimum atomic E-state index is -0.312. The first-order valence-electron chi connectivity index (χ1n) is 6.20. The van der Waals surface area contributed by atoms with Gasteiger partial charge in [0.2, 0.25) is 11.2 Å². The van der Waals surface area contributed by atoms with Gasteiger partial charge in [-0.15, -0.1) is 11.3 Å². The van der Waals surface area contributed by atoms with E-state index >= 15 is 0 Å². The SMILES string of the molecule is CC(C)(C)c1csc(COc2coc(CO)cc2=O)n1. The molecule has 2 rings (SSSR count). The minimum Gasteiger partial charge on any atom is -0.479 e. The fourth-order valence-corrected chi connectivity index (χ4v) is 2.42. The van der Waals surface area contributed by atoms with Crippen molar-refractivity contribution in [3.63, 3.8) is 0 Å². The monoisotopic (exact) mass is 295 g/mol. The van der Waals surface area contributed by atoms with Crippen LogP contribution in [0.2, 0.25) is 0 Å². The first kappa shape index (κ1) is 14.7. The van der Waals surface area contributed by atoms with Crippen LogP contribution in [0.3, 0.4) is 0 Å². The first-order chi connectivity index (χ1) is 9.40. The summed E-state index contributed by atoms with van der Waals surface area (Å²) in [4.78, 5) is 16.2. The summed E-state index contributed by atoms with van der Waals surface area (Å²) in [6, 6.07) is 1.22. The van der Waals surface area contributed by atoms with E-state index in [9.17, 15) is 4.79 Å². The quantitative estimate of drug-likeness (QED) is 0.938. The van der Waals surface area contributed by atoms with Crippen molar-refractivity contribution in [3.05, 3.63) is 44.4 Å². The molecule has 5 nitrogen and oxygen atoms in total. The smallest absolute Gasteiger partial charge is 0.227 e. The zero-order valence-electron chi connectivity index (χ0n) is 11.7. The van der Waals surface area contributed by atoms with E-state index in [2.05, 4.69) is 25.8 Å². The number of thiazole rings is 1. The van der Waals surface area contributed by atoms with E-state index in [1.807, 2.05) is 5.38 Å². The third kappa shape index (κ3) is 3.46. The number of aliphatic hydroxyl groups excluding tert-OH is 1. The van der Waals surface area contributed by atoms with Crippen LogP contribution in [0.1, 0.15) is 37.2 Å². The molecule has 0 spiro atoms. The molecular weight excluding hydrogens is 278 g/mol. The highest BCUT2D eigenvalue weighted by Crippen LogP contribution is 2.24. The van der Waals surface area contributed by atoms with E-state index in [4.69, 9.17) is 14.3 Å². The van der Waals surface area contributed by atoms with Gasteiger partial charge in [0.15, 0.2) is 0 Å². The molecule has 0 aromatic carbocycles. The Morgan fingerprint density at radius 2 is 2.20 bits per heavy atom. The van der Waals surface area contributed by atoms with Gasteiger partial charge in [0.1, 0.15) is 30.2 Å². The Kier molecular flexibility index (Phi) is 4.25. The summed E-state index contributed by atoms with van der Waals surface area (Å²) in [5.74, 6) is 0.335. The predicted molar refractivity (Wildman–Crippen MR) is 76.0 cm³/mol. The molecule has 108 valence electrons. The van der Waals surface area contributed by atoms with Gasteiger partial charge in [-0.25, -0.2) is 4.98 Å². The molecule has 0 atom stereocenters. The van der Waals surface area contributed by atoms with Gasteiger partial charge < -0.3 is 14.3 Å². The Balaban J connectivity index is 2.06. The van der Waals surface area contributed by atoms with Crippen LogP contribution >= 0.6 is 11.3 Å².